The molecular weight excluding hydrogens is 797 g/mol. The summed E-state index contributed by atoms with van der Waals surface area (Å²) in [6.07, 6.45) is 7.47. The second-order valence-electron chi connectivity index (χ2n) is 17.1. The number of rotatable bonds is 18. The molecule has 3 N–H and O–H groups in total. The third-order valence-electron chi connectivity index (χ3n) is 12.6. The first-order valence-corrected chi connectivity index (χ1v) is 22.4. The fourth-order valence-corrected chi connectivity index (χ4v) is 9.16. The molecule has 3 aromatic carbocycles. The number of aromatic nitrogens is 3. The molecule has 0 aliphatic carbocycles. The number of piperidine rings is 1. The van der Waals surface area contributed by atoms with Gasteiger partial charge in [-0.05, 0) is 100 Å². The van der Waals surface area contributed by atoms with E-state index in [2.05, 4.69) is 74.4 Å². The maximum atomic E-state index is 13.4. The van der Waals surface area contributed by atoms with Crippen molar-refractivity contribution in [3.8, 4) is 11.1 Å². The lowest BCUT2D eigenvalue weighted by atomic mass is 10.0. The molecular formula is C49H58N8O6. The van der Waals surface area contributed by atoms with Gasteiger partial charge in [0, 0.05) is 67.7 Å². The van der Waals surface area contributed by atoms with Crippen LogP contribution in [0.25, 0.3) is 22.2 Å². The first kappa shape index (κ1) is 43.5. The summed E-state index contributed by atoms with van der Waals surface area (Å²) in [4.78, 5) is 60.8. The van der Waals surface area contributed by atoms with Crippen LogP contribution in [0.2, 0.25) is 0 Å². The Morgan fingerprint density at radius 2 is 1.71 bits per heavy atom. The number of unbranched alkanes of at least 4 members (excludes halogenated alkanes) is 4. The number of nitrogens with zero attached hydrogens (tertiary/aromatic N) is 5. The number of anilines is 2. The van der Waals surface area contributed by atoms with Crippen LogP contribution >= 0.6 is 0 Å². The average Bonchev–Trinajstić information content (AvgIpc) is 3.89. The molecule has 2 fully saturated rings. The van der Waals surface area contributed by atoms with Crippen molar-refractivity contribution < 1.29 is 28.4 Å². The summed E-state index contributed by atoms with van der Waals surface area (Å²) in [5.41, 5.74) is 8.84. The van der Waals surface area contributed by atoms with Crippen molar-refractivity contribution in [3.05, 3.63) is 107 Å². The Balaban J connectivity index is 0.778. The maximum Gasteiger partial charge on any atom is 0.264 e. The summed E-state index contributed by atoms with van der Waals surface area (Å²) >= 11 is 0. The van der Waals surface area contributed by atoms with E-state index >= 15 is 0 Å². The second-order valence-corrected chi connectivity index (χ2v) is 17.1. The first-order chi connectivity index (χ1) is 30.5. The van der Waals surface area contributed by atoms with Crippen LogP contribution in [0.3, 0.4) is 0 Å². The van der Waals surface area contributed by atoms with Gasteiger partial charge in [0.15, 0.2) is 0 Å². The molecule has 0 radical (unpaired) electrons. The number of imide groups is 1. The van der Waals surface area contributed by atoms with Gasteiger partial charge in [-0.25, -0.2) is 4.98 Å². The van der Waals surface area contributed by atoms with Gasteiger partial charge < -0.3 is 29.8 Å². The number of amides is 4. The number of ether oxygens (including phenoxy) is 1. The molecule has 5 aromatic rings. The van der Waals surface area contributed by atoms with Crippen LogP contribution in [0, 0.1) is 13.8 Å². The number of imidazole rings is 1. The number of allylic oxidation sites excluding steroid dienone is 1. The lowest BCUT2D eigenvalue weighted by Crippen LogP contribution is -2.51. The van der Waals surface area contributed by atoms with Gasteiger partial charge in [0.05, 0.1) is 41.1 Å². The topological polar surface area (TPSA) is 164 Å². The molecule has 14 nitrogen and oxygen atoms in total. The summed E-state index contributed by atoms with van der Waals surface area (Å²) in [6.45, 7) is 14.8. The number of hydrogen-bond donors (Lipinski definition) is 3. The summed E-state index contributed by atoms with van der Waals surface area (Å²) in [5.74, 6) is 0.599. The van der Waals surface area contributed by atoms with Gasteiger partial charge >= 0.3 is 0 Å². The molecule has 3 aliphatic heterocycles. The molecule has 2 aromatic heterocycles. The van der Waals surface area contributed by atoms with Crippen LogP contribution in [-0.4, -0.2) is 93.1 Å². The number of fused-ring (bicyclic) bond motifs is 2. The second kappa shape index (κ2) is 19.5. The molecule has 3 aliphatic rings. The van der Waals surface area contributed by atoms with E-state index < -0.39 is 17.9 Å². The largest absolute Gasteiger partial charge is 0.384 e. The zero-order valence-corrected chi connectivity index (χ0v) is 36.6. The van der Waals surface area contributed by atoms with Gasteiger partial charge in [0.2, 0.25) is 11.8 Å². The lowest BCUT2D eigenvalue weighted by Gasteiger charge is -2.32. The normalized spacial score (nSPS) is 17.3. The van der Waals surface area contributed by atoms with Crippen molar-refractivity contribution >= 4 is 46.0 Å². The van der Waals surface area contributed by atoms with E-state index in [0.717, 1.165) is 128 Å². The maximum absolute atomic E-state index is 13.4. The molecule has 0 spiro atoms. The summed E-state index contributed by atoms with van der Waals surface area (Å²) in [7, 11) is 0. The molecule has 2 unspecified atom stereocenters. The highest BCUT2D eigenvalue weighted by molar-refractivity contribution is 6.25. The van der Waals surface area contributed by atoms with Crippen LogP contribution in [-0.2, 0) is 33.7 Å². The molecule has 4 amide bonds. The summed E-state index contributed by atoms with van der Waals surface area (Å²) in [6, 6.07) is 19.3. The summed E-state index contributed by atoms with van der Waals surface area (Å²) < 4.78 is 13.5. The molecule has 2 atom stereocenters. The number of morpholine rings is 1. The smallest absolute Gasteiger partial charge is 0.264 e. The minimum Gasteiger partial charge on any atom is -0.384 e. The van der Waals surface area contributed by atoms with Gasteiger partial charge in [-0.3, -0.25) is 29.0 Å². The zero-order valence-electron chi connectivity index (χ0n) is 36.6. The number of benzene rings is 3. The van der Waals surface area contributed by atoms with Crippen LogP contribution in [0.5, 0.6) is 0 Å². The van der Waals surface area contributed by atoms with E-state index in [0.29, 0.717) is 54.4 Å². The Morgan fingerprint density at radius 1 is 0.937 bits per heavy atom. The number of hydrogen-bond acceptors (Lipinski definition) is 10. The molecule has 8 rings (SSSR count). The zero-order chi connectivity index (χ0) is 44.0. The van der Waals surface area contributed by atoms with E-state index in [-0.39, 0.29) is 11.8 Å². The Kier molecular flexibility index (Phi) is 13.5. The van der Waals surface area contributed by atoms with E-state index in [9.17, 15) is 19.2 Å². The molecule has 63 heavy (non-hydrogen) atoms. The van der Waals surface area contributed by atoms with E-state index in [1.165, 1.54) is 5.56 Å². The third kappa shape index (κ3) is 9.77. The van der Waals surface area contributed by atoms with Crippen molar-refractivity contribution in [2.24, 2.45) is 0 Å². The minimum atomic E-state index is -0.837. The highest BCUT2D eigenvalue weighted by Crippen LogP contribution is 2.34. The van der Waals surface area contributed by atoms with Crippen LogP contribution in [0.15, 0.2) is 77.5 Å². The van der Waals surface area contributed by atoms with Crippen LogP contribution < -0.4 is 16.0 Å². The fourth-order valence-electron chi connectivity index (χ4n) is 9.16. The Labute approximate surface area is 368 Å². The average molecular weight is 855 g/mol. The van der Waals surface area contributed by atoms with Crippen molar-refractivity contribution in [2.75, 3.05) is 43.5 Å². The van der Waals surface area contributed by atoms with Gasteiger partial charge in [-0.2, -0.15) is 0 Å². The first-order valence-electron chi connectivity index (χ1n) is 22.4. The Hall–Kier alpha value is -6.12. The van der Waals surface area contributed by atoms with Crippen molar-refractivity contribution in [2.45, 2.75) is 104 Å². The van der Waals surface area contributed by atoms with Gasteiger partial charge in [-0.1, -0.05) is 55.3 Å². The standard InChI is InChI=1S/C49H58N8O6/c1-31-14-21-42(47(59)51-31)57-48(60)38-11-10-12-39(46(38)49(57)61)50-24-9-7-5-6-8-13-44(58)52-37-19-15-35(16-20-37)17-23-43-53-40-29-36(45-33(3)54-63-34(45)4)18-22-41(40)56(43)30-32(2)55-25-27-62-28-26-55/h10-12,15-16,18-20,22,29,32,42,50H,1,5-9,13-14,17,21,23-28,30H2,2-4H3,(H,51,59)(H,52,58). The van der Waals surface area contributed by atoms with E-state index in [4.69, 9.17) is 14.2 Å². The SMILES string of the molecule is C=C1CCC(N2C(=O)c3cccc(NCCCCCCCC(=O)Nc4ccc(CCc5nc6cc(-c7c(C)noc7C)ccc6n5CC(C)N5CCOCC5)cc4)c3C2=O)C(=O)N1. The number of nitrogens with one attached hydrogen (secondary N) is 3. The quantitative estimate of drug-likeness (QED) is 0.0591. The number of carbonyl (C=O) groups is 4. The predicted molar refractivity (Wildman–Crippen MR) is 242 cm³/mol. The molecule has 0 saturated carbocycles. The predicted octanol–water partition coefficient (Wildman–Crippen LogP) is 7.59. The van der Waals surface area contributed by atoms with Gasteiger partial charge in [-0.15, -0.1) is 0 Å². The molecule has 330 valence electrons. The van der Waals surface area contributed by atoms with Crippen molar-refractivity contribution in [1.82, 2.24) is 29.8 Å². The van der Waals surface area contributed by atoms with E-state index in [1.807, 2.05) is 26.0 Å². The molecule has 0 bridgehead atoms. The minimum absolute atomic E-state index is 0.00492. The molecule has 14 heteroatoms. The van der Waals surface area contributed by atoms with Gasteiger partial charge in [0.1, 0.15) is 17.6 Å². The van der Waals surface area contributed by atoms with Crippen LogP contribution in [0.1, 0.15) is 102 Å². The summed E-state index contributed by atoms with van der Waals surface area (Å²) in [5, 5.41) is 13.2. The van der Waals surface area contributed by atoms with Gasteiger partial charge in [0.25, 0.3) is 11.8 Å². The monoisotopic (exact) mass is 854 g/mol. The van der Waals surface area contributed by atoms with Crippen LogP contribution in [0.4, 0.5) is 11.4 Å². The van der Waals surface area contributed by atoms with E-state index in [1.54, 1.807) is 18.2 Å². The van der Waals surface area contributed by atoms with Crippen molar-refractivity contribution in [1.29, 1.82) is 0 Å². The highest BCUT2D eigenvalue weighted by Gasteiger charge is 2.45. The number of aryl methyl sites for hydroxylation is 4. The lowest BCUT2D eigenvalue weighted by molar-refractivity contribution is -0.125. The number of carbonyl (C=O) groups excluding carboxylic acids is 4. The highest BCUT2D eigenvalue weighted by atomic mass is 16.5. The van der Waals surface area contributed by atoms with Crippen molar-refractivity contribution in [3.63, 3.8) is 0 Å². The molecule has 2 saturated heterocycles. The molecule has 5 heterocycles. The third-order valence-corrected chi connectivity index (χ3v) is 12.6. The Bertz CT molecular complexity index is 2480. The fraction of sp³-hybridized carbons (Fsp3) is 0.429. The Morgan fingerprint density at radius 3 is 2.48 bits per heavy atom.